The number of primary amides is 2. The van der Waals surface area contributed by atoms with Crippen LogP contribution in [-0.4, -0.2) is 41.8 Å². The van der Waals surface area contributed by atoms with Gasteiger partial charge in [0.05, 0.1) is 12.5 Å². The Morgan fingerprint density at radius 1 is 0.920 bits per heavy atom. The number of rotatable bonds is 11. The van der Waals surface area contributed by atoms with Crippen LogP contribution in [0.3, 0.4) is 0 Å². The molecule has 0 unspecified atom stereocenters. The van der Waals surface area contributed by atoms with Gasteiger partial charge in [-0.05, 0) is 18.3 Å². The molecule has 144 valence electrons. The summed E-state index contributed by atoms with van der Waals surface area (Å²) in [5.74, 6) is -2.65. The molecule has 4 atom stereocenters. The lowest BCUT2D eigenvalue weighted by Crippen LogP contribution is -2.56. The van der Waals surface area contributed by atoms with Crippen molar-refractivity contribution in [3.63, 3.8) is 0 Å². The fourth-order valence-electron chi connectivity index (χ4n) is 2.18. The second-order valence-electron chi connectivity index (χ2n) is 6.74. The molecule has 0 saturated heterocycles. The van der Waals surface area contributed by atoms with Crippen LogP contribution in [0.25, 0.3) is 0 Å². The van der Waals surface area contributed by atoms with E-state index in [0.29, 0.717) is 6.42 Å². The van der Waals surface area contributed by atoms with Gasteiger partial charge in [0.25, 0.3) is 0 Å². The largest absolute Gasteiger partial charge is 0.370 e. The molecule has 0 aliphatic carbocycles. The highest BCUT2D eigenvalue weighted by atomic mass is 16.2. The van der Waals surface area contributed by atoms with Crippen LogP contribution >= 0.6 is 0 Å². The predicted molar refractivity (Wildman–Crippen MR) is 93.8 cm³/mol. The van der Waals surface area contributed by atoms with Crippen molar-refractivity contribution < 1.29 is 19.2 Å². The summed E-state index contributed by atoms with van der Waals surface area (Å²) in [4.78, 5) is 47.1. The van der Waals surface area contributed by atoms with E-state index in [1.807, 2.05) is 27.7 Å². The first-order valence-electron chi connectivity index (χ1n) is 8.43. The third-order valence-corrected chi connectivity index (χ3v) is 3.97. The van der Waals surface area contributed by atoms with E-state index < -0.39 is 48.2 Å². The minimum atomic E-state index is -1.22. The Labute approximate surface area is 148 Å². The van der Waals surface area contributed by atoms with E-state index >= 15 is 0 Å². The molecule has 9 nitrogen and oxygen atoms in total. The molecule has 0 aliphatic heterocycles. The summed E-state index contributed by atoms with van der Waals surface area (Å²) < 4.78 is 0. The zero-order chi connectivity index (χ0) is 19.7. The molecule has 4 amide bonds. The zero-order valence-corrected chi connectivity index (χ0v) is 15.4. The second kappa shape index (κ2) is 10.7. The van der Waals surface area contributed by atoms with Crippen LogP contribution in [0.4, 0.5) is 0 Å². The molecule has 0 aromatic heterocycles. The molecule has 0 radical (unpaired) electrons. The zero-order valence-electron chi connectivity index (χ0n) is 15.4. The van der Waals surface area contributed by atoms with Crippen molar-refractivity contribution in [2.24, 2.45) is 29.0 Å². The summed E-state index contributed by atoms with van der Waals surface area (Å²) in [6.07, 6.45) is 0.653. The van der Waals surface area contributed by atoms with Crippen molar-refractivity contribution in [1.29, 1.82) is 0 Å². The maximum atomic E-state index is 12.4. The number of amides is 4. The van der Waals surface area contributed by atoms with Gasteiger partial charge in [0.1, 0.15) is 12.1 Å². The summed E-state index contributed by atoms with van der Waals surface area (Å²) in [5.41, 5.74) is 16.1. The summed E-state index contributed by atoms with van der Waals surface area (Å²) in [5, 5.41) is 4.99. The van der Waals surface area contributed by atoms with Gasteiger partial charge in [-0.15, -0.1) is 0 Å². The van der Waals surface area contributed by atoms with Gasteiger partial charge in [0, 0.05) is 0 Å². The molecular formula is C16H31N5O4. The van der Waals surface area contributed by atoms with E-state index in [2.05, 4.69) is 10.6 Å². The predicted octanol–water partition coefficient (Wildman–Crippen LogP) is -1.26. The van der Waals surface area contributed by atoms with E-state index in [0.717, 1.165) is 6.42 Å². The van der Waals surface area contributed by atoms with Crippen molar-refractivity contribution in [1.82, 2.24) is 10.6 Å². The molecule has 0 bridgehead atoms. The summed E-state index contributed by atoms with van der Waals surface area (Å²) >= 11 is 0. The highest BCUT2D eigenvalue weighted by molar-refractivity contribution is 5.94. The Bertz CT molecular complexity index is 495. The molecule has 0 spiro atoms. The highest BCUT2D eigenvalue weighted by Gasteiger charge is 2.29. The Morgan fingerprint density at radius 3 is 1.84 bits per heavy atom. The smallest absolute Gasteiger partial charge is 0.243 e. The van der Waals surface area contributed by atoms with Gasteiger partial charge in [0.15, 0.2) is 0 Å². The average Bonchev–Trinajstić information content (AvgIpc) is 2.50. The SMILES string of the molecule is CC[C@H](C)[C@H](N)C(=O)N[C@@H](CC(C)C)C(=O)N[C@@H](CC(N)=O)C(N)=O. The number of carbonyl (C=O) groups excluding carboxylic acids is 4. The molecule has 0 aromatic carbocycles. The van der Waals surface area contributed by atoms with Crippen molar-refractivity contribution in [3.8, 4) is 0 Å². The summed E-state index contributed by atoms with van der Waals surface area (Å²) in [7, 11) is 0. The molecule has 9 heteroatoms. The molecule has 0 heterocycles. The standard InChI is InChI=1S/C16H31N5O4/c1-5-9(4)13(18)16(25)21-11(6-8(2)3)15(24)20-10(14(19)23)7-12(17)22/h8-11,13H,5-7,18H2,1-4H3,(H2,17,22)(H2,19,23)(H,20,24)(H,21,25)/t9-,10-,11-,13-/m0/s1. The quantitative estimate of drug-likeness (QED) is 0.310. The summed E-state index contributed by atoms with van der Waals surface area (Å²) in [6, 6.07) is -2.86. The van der Waals surface area contributed by atoms with Crippen LogP contribution in [0.5, 0.6) is 0 Å². The van der Waals surface area contributed by atoms with E-state index in [1.54, 1.807) is 0 Å². The van der Waals surface area contributed by atoms with Gasteiger partial charge in [-0.3, -0.25) is 19.2 Å². The van der Waals surface area contributed by atoms with E-state index in [4.69, 9.17) is 17.2 Å². The van der Waals surface area contributed by atoms with E-state index in [-0.39, 0.29) is 11.8 Å². The normalized spacial score (nSPS) is 15.8. The molecule has 0 fully saturated rings. The van der Waals surface area contributed by atoms with Gasteiger partial charge in [-0.2, -0.15) is 0 Å². The Balaban J connectivity index is 5.11. The van der Waals surface area contributed by atoms with Gasteiger partial charge in [-0.25, -0.2) is 0 Å². The van der Waals surface area contributed by atoms with Gasteiger partial charge < -0.3 is 27.8 Å². The van der Waals surface area contributed by atoms with Crippen molar-refractivity contribution >= 4 is 23.6 Å². The fourth-order valence-corrected chi connectivity index (χ4v) is 2.18. The van der Waals surface area contributed by atoms with Crippen molar-refractivity contribution in [2.75, 3.05) is 0 Å². The van der Waals surface area contributed by atoms with Crippen LogP contribution in [0.1, 0.15) is 47.0 Å². The first-order chi connectivity index (χ1) is 11.5. The summed E-state index contributed by atoms with van der Waals surface area (Å²) in [6.45, 7) is 7.53. The minimum Gasteiger partial charge on any atom is -0.370 e. The van der Waals surface area contributed by atoms with Gasteiger partial charge in [-0.1, -0.05) is 34.1 Å². The first kappa shape index (κ1) is 22.8. The van der Waals surface area contributed by atoms with Crippen molar-refractivity contribution in [2.45, 2.75) is 65.1 Å². The van der Waals surface area contributed by atoms with Gasteiger partial charge in [0.2, 0.25) is 23.6 Å². The maximum Gasteiger partial charge on any atom is 0.243 e. The first-order valence-corrected chi connectivity index (χ1v) is 8.43. The van der Waals surface area contributed by atoms with Crippen molar-refractivity contribution in [3.05, 3.63) is 0 Å². The number of carbonyl (C=O) groups is 4. The Hall–Kier alpha value is -2.16. The third-order valence-electron chi connectivity index (χ3n) is 3.97. The number of hydrogen-bond acceptors (Lipinski definition) is 5. The lowest BCUT2D eigenvalue weighted by atomic mass is 9.97. The maximum absolute atomic E-state index is 12.4. The third kappa shape index (κ3) is 8.48. The number of hydrogen-bond donors (Lipinski definition) is 5. The van der Waals surface area contributed by atoms with Crippen LogP contribution in [0.2, 0.25) is 0 Å². The molecule has 25 heavy (non-hydrogen) atoms. The Kier molecular flexibility index (Phi) is 9.73. The highest BCUT2D eigenvalue weighted by Crippen LogP contribution is 2.09. The second-order valence-corrected chi connectivity index (χ2v) is 6.74. The van der Waals surface area contributed by atoms with Gasteiger partial charge >= 0.3 is 0 Å². The topological polar surface area (TPSA) is 170 Å². The fraction of sp³-hybridized carbons (Fsp3) is 0.750. The molecular weight excluding hydrogens is 326 g/mol. The number of nitrogens with one attached hydrogen (secondary N) is 2. The average molecular weight is 357 g/mol. The lowest BCUT2D eigenvalue weighted by Gasteiger charge is -2.25. The lowest BCUT2D eigenvalue weighted by molar-refractivity contribution is -0.133. The van der Waals surface area contributed by atoms with Crippen LogP contribution in [0.15, 0.2) is 0 Å². The minimum absolute atomic E-state index is 0.0454. The van der Waals surface area contributed by atoms with E-state index in [1.165, 1.54) is 0 Å². The van der Waals surface area contributed by atoms with Crippen LogP contribution in [0, 0.1) is 11.8 Å². The number of nitrogens with two attached hydrogens (primary N) is 3. The molecule has 0 aromatic rings. The molecule has 0 rings (SSSR count). The van der Waals surface area contributed by atoms with E-state index in [9.17, 15) is 19.2 Å². The Morgan fingerprint density at radius 2 is 1.44 bits per heavy atom. The van der Waals surface area contributed by atoms with Crippen LogP contribution < -0.4 is 27.8 Å². The molecule has 8 N–H and O–H groups in total. The van der Waals surface area contributed by atoms with Crippen LogP contribution in [-0.2, 0) is 19.2 Å². The molecule has 0 saturated carbocycles. The molecule has 0 aliphatic rings. The monoisotopic (exact) mass is 357 g/mol.